The molecule has 0 radical (unpaired) electrons. The van der Waals surface area contributed by atoms with Crippen LogP contribution in [0.2, 0.25) is 0 Å². The smallest absolute Gasteiger partial charge is 0.211 e. The van der Waals surface area contributed by atoms with Crippen LogP contribution in [0.5, 0.6) is 0 Å². The highest BCUT2D eigenvalue weighted by Gasteiger charge is 2.28. The van der Waals surface area contributed by atoms with E-state index in [0.717, 1.165) is 25.4 Å². The highest BCUT2D eigenvalue weighted by Crippen LogP contribution is 2.36. The second-order valence-corrected chi connectivity index (χ2v) is 7.01. The van der Waals surface area contributed by atoms with Gasteiger partial charge in [-0.05, 0) is 50.6 Å². The molecule has 0 aromatic rings. The van der Waals surface area contributed by atoms with Crippen molar-refractivity contribution < 1.29 is 8.42 Å². The first-order valence-corrected chi connectivity index (χ1v) is 8.38. The number of sulfonamides is 1. The topological polar surface area (TPSA) is 58.2 Å². The number of nitrogens with one attached hydrogen (secondary N) is 2. The number of rotatable bonds is 10. The SMILES string of the molecule is CCCNCCCS(=O)(=O)NCC(C)C1CC1. The first-order valence-electron chi connectivity index (χ1n) is 6.73. The first-order chi connectivity index (χ1) is 8.05. The molecule has 5 heteroatoms. The Bertz CT molecular complexity index is 300. The lowest BCUT2D eigenvalue weighted by molar-refractivity contribution is 0.491. The summed E-state index contributed by atoms with van der Waals surface area (Å²) < 4.78 is 26.1. The van der Waals surface area contributed by atoms with Crippen molar-refractivity contribution in [2.75, 3.05) is 25.4 Å². The van der Waals surface area contributed by atoms with Crippen molar-refractivity contribution in [3.05, 3.63) is 0 Å². The third-order valence-electron chi connectivity index (χ3n) is 3.25. The van der Waals surface area contributed by atoms with Gasteiger partial charge in [0.2, 0.25) is 10.0 Å². The minimum absolute atomic E-state index is 0.237. The molecule has 1 fully saturated rings. The molecule has 1 unspecified atom stereocenters. The third kappa shape index (κ3) is 7.01. The Hall–Kier alpha value is -0.130. The van der Waals surface area contributed by atoms with Crippen LogP contribution in [0.15, 0.2) is 0 Å². The molecule has 1 atom stereocenters. The molecule has 1 aliphatic carbocycles. The summed E-state index contributed by atoms with van der Waals surface area (Å²) in [6, 6.07) is 0. The summed E-state index contributed by atoms with van der Waals surface area (Å²) in [6.07, 6.45) is 4.31. The van der Waals surface area contributed by atoms with E-state index in [-0.39, 0.29) is 5.75 Å². The van der Waals surface area contributed by atoms with E-state index in [9.17, 15) is 8.42 Å². The van der Waals surface area contributed by atoms with Crippen molar-refractivity contribution in [3.63, 3.8) is 0 Å². The van der Waals surface area contributed by atoms with Crippen LogP contribution < -0.4 is 10.0 Å². The molecule has 102 valence electrons. The second kappa shape index (κ2) is 7.34. The molecular weight excluding hydrogens is 236 g/mol. The molecule has 0 aliphatic heterocycles. The Morgan fingerprint density at radius 3 is 2.59 bits per heavy atom. The molecule has 1 saturated carbocycles. The van der Waals surface area contributed by atoms with E-state index >= 15 is 0 Å². The lowest BCUT2D eigenvalue weighted by Gasteiger charge is -2.12. The van der Waals surface area contributed by atoms with E-state index < -0.39 is 10.0 Å². The van der Waals surface area contributed by atoms with Crippen LogP contribution in [0.3, 0.4) is 0 Å². The van der Waals surface area contributed by atoms with Gasteiger partial charge < -0.3 is 5.32 Å². The van der Waals surface area contributed by atoms with Gasteiger partial charge in [-0.25, -0.2) is 13.1 Å². The molecule has 4 nitrogen and oxygen atoms in total. The summed E-state index contributed by atoms with van der Waals surface area (Å²) in [5.74, 6) is 1.48. The summed E-state index contributed by atoms with van der Waals surface area (Å²) in [7, 11) is -3.06. The summed E-state index contributed by atoms with van der Waals surface area (Å²) in [4.78, 5) is 0. The van der Waals surface area contributed by atoms with Crippen LogP contribution in [0, 0.1) is 11.8 Å². The van der Waals surface area contributed by atoms with Crippen molar-refractivity contribution in [1.82, 2.24) is 10.0 Å². The number of hydrogen-bond acceptors (Lipinski definition) is 3. The zero-order chi connectivity index (χ0) is 12.7. The summed E-state index contributed by atoms with van der Waals surface area (Å²) in [6.45, 7) is 6.59. The minimum atomic E-state index is -3.06. The Morgan fingerprint density at radius 2 is 2.00 bits per heavy atom. The van der Waals surface area contributed by atoms with Crippen LogP contribution in [0.1, 0.15) is 39.5 Å². The van der Waals surface area contributed by atoms with E-state index in [0.29, 0.717) is 18.9 Å². The predicted molar refractivity (Wildman–Crippen MR) is 71.5 cm³/mol. The molecule has 0 bridgehead atoms. The summed E-state index contributed by atoms with van der Waals surface area (Å²) in [5, 5.41) is 3.21. The van der Waals surface area contributed by atoms with Crippen LogP contribution in [-0.2, 0) is 10.0 Å². The maximum Gasteiger partial charge on any atom is 0.211 e. The van der Waals surface area contributed by atoms with Gasteiger partial charge in [-0.1, -0.05) is 13.8 Å². The summed E-state index contributed by atoms with van der Waals surface area (Å²) >= 11 is 0. The standard InChI is InChI=1S/C12H26N2O2S/c1-3-7-13-8-4-9-17(15,16)14-10-11(2)12-5-6-12/h11-14H,3-10H2,1-2H3. The predicted octanol–water partition coefficient (Wildman–Crippen LogP) is 1.34. The van der Waals surface area contributed by atoms with E-state index in [1.165, 1.54) is 12.8 Å². The molecule has 0 spiro atoms. The first kappa shape index (κ1) is 14.9. The van der Waals surface area contributed by atoms with Gasteiger partial charge in [0.05, 0.1) is 5.75 Å². The molecule has 1 rings (SSSR count). The quantitative estimate of drug-likeness (QED) is 0.584. The van der Waals surface area contributed by atoms with Crippen molar-refractivity contribution in [1.29, 1.82) is 0 Å². The van der Waals surface area contributed by atoms with Gasteiger partial charge in [0, 0.05) is 6.54 Å². The van der Waals surface area contributed by atoms with Gasteiger partial charge in [-0.15, -0.1) is 0 Å². The van der Waals surface area contributed by atoms with Gasteiger partial charge in [-0.2, -0.15) is 0 Å². The third-order valence-corrected chi connectivity index (χ3v) is 4.68. The zero-order valence-electron chi connectivity index (χ0n) is 11.0. The largest absolute Gasteiger partial charge is 0.317 e. The fraction of sp³-hybridized carbons (Fsp3) is 1.00. The van der Waals surface area contributed by atoms with Crippen molar-refractivity contribution in [2.24, 2.45) is 11.8 Å². The monoisotopic (exact) mass is 262 g/mol. The average molecular weight is 262 g/mol. The van der Waals surface area contributed by atoms with Crippen LogP contribution in [0.25, 0.3) is 0 Å². The number of hydrogen-bond donors (Lipinski definition) is 2. The molecule has 17 heavy (non-hydrogen) atoms. The van der Waals surface area contributed by atoms with Crippen LogP contribution in [-0.4, -0.2) is 33.8 Å². The van der Waals surface area contributed by atoms with E-state index in [1.807, 2.05) is 0 Å². The molecule has 0 saturated heterocycles. The fourth-order valence-electron chi connectivity index (χ4n) is 1.85. The van der Waals surface area contributed by atoms with E-state index in [2.05, 4.69) is 23.9 Å². The molecule has 1 aliphatic rings. The normalized spacial score (nSPS) is 18.2. The van der Waals surface area contributed by atoms with Gasteiger partial charge >= 0.3 is 0 Å². The Morgan fingerprint density at radius 1 is 1.29 bits per heavy atom. The molecule has 0 aromatic carbocycles. The van der Waals surface area contributed by atoms with Gasteiger partial charge in [0.1, 0.15) is 0 Å². The molecular formula is C12H26N2O2S. The maximum atomic E-state index is 11.7. The van der Waals surface area contributed by atoms with Gasteiger partial charge in [0.25, 0.3) is 0 Å². The molecule has 0 aromatic heterocycles. The molecule has 2 N–H and O–H groups in total. The average Bonchev–Trinajstić information content (AvgIpc) is 3.09. The van der Waals surface area contributed by atoms with Crippen molar-refractivity contribution >= 4 is 10.0 Å². The lowest BCUT2D eigenvalue weighted by atomic mass is 10.1. The lowest BCUT2D eigenvalue weighted by Crippen LogP contribution is -2.32. The minimum Gasteiger partial charge on any atom is -0.317 e. The maximum absolute atomic E-state index is 11.7. The fourth-order valence-corrected chi connectivity index (χ4v) is 3.04. The Balaban J connectivity index is 2.08. The Kier molecular flexibility index (Phi) is 6.44. The summed E-state index contributed by atoms with van der Waals surface area (Å²) in [5.41, 5.74) is 0. The van der Waals surface area contributed by atoms with Crippen molar-refractivity contribution in [3.8, 4) is 0 Å². The van der Waals surface area contributed by atoms with Gasteiger partial charge in [0.15, 0.2) is 0 Å². The van der Waals surface area contributed by atoms with Crippen molar-refractivity contribution in [2.45, 2.75) is 39.5 Å². The molecule has 0 amide bonds. The highest BCUT2D eigenvalue weighted by molar-refractivity contribution is 7.89. The Labute approximate surface area is 106 Å². The molecule has 0 heterocycles. The zero-order valence-corrected chi connectivity index (χ0v) is 11.9. The highest BCUT2D eigenvalue weighted by atomic mass is 32.2. The van der Waals surface area contributed by atoms with Crippen LogP contribution in [0.4, 0.5) is 0 Å². The van der Waals surface area contributed by atoms with Crippen LogP contribution >= 0.6 is 0 Å². The second-order valence-electron chi connectivity index (χ2n) is 5.09. The van der Waals surface area contributed by atoms with Gasteiger partial charge in [-0.3, -0.25) is 0 Å². The van der Waals surface area contributed by atoms with E-state index in [4.69, 9.17) is 0 Å². The van der Waals surface area contributed by atoms with E-state index in [1.54, 1.807) is 0 Å².